The minimum Gasteiger partial charge on any atom is -0.359 e. The topological polar surface area (TPSA) is 6.48 Å². The van der Waals surface area contributed by atoms with Crippen LogP contribution in [0.25, 0.3) is 0 Å². The number of rotatable bonds is 7. The van der Waals surface area contributed by atoms with Gasteiger partial charge >= 0.3 is 0 Å². The first-order valence-electron chi connectivity index (χ1n) is 6.45. The highest BCUT2D eigenvalue weighted by atomic mass is 15.4. The second-order valence-electron chi connectivity index (χ2n) is 4.48. The molecule has 0 aliphatic carbocycles. The van der Waals surface area contributed by atoms with Crippen molar-refractivity contribution in [3.8, 4) is 0 Å². The summed E-state index contributed by atoms with van der Waals surface area (Å²) in [5.41, 5.74) is 0. The van der Waals surface area contributed by atoms with E-state index in [1.807, 2.05) is 0 Å². The van der Waals surface area contributed by atoms with Crippen LogP contribution in [0.15, 0.2) is 12.4 Å². The van der Waals surface area contributed by atoms with Gasteiger partial charge in [-0.3, -0.25) is 0 Å². The average molecular weight is 210 g/mol. The van der Waals surface area contributed by atoms with Gasteiger partial charge in [-0.1, -0.05) is 32.6 Å². The fourth-order valence-electron chi connectivity index (χ4n) is 2.24. The Hall–Kier alpha value is -0.660. The second-order valence-corrected chi connectivity index (χ2v) is 4.48. The molecule has 2 nitrogen and oxygen atoms in total. The minimum absolute atomic E-state index is 0.622. The maximum atomic E-state index is 2.43. The van der Waals surface area contributed by atoms with E-state index in [4.69, 9.17) is 0 Å². The highest BCUT2D eigenvalue weighted by Gasteiger charge is 2.20. The Morgan fingerprint density at radius 2 is 1.73 bits per heavy atom. The molecule has 1 rings (SSSR count). The molecule has 2 heteroatoms. The van der Waals surface area contributed by atoms with Gasteiger partial charge in [-0.15, -0.1) is 0 Å². The molecule has 0 bridgehead atoms. The van der Waals surface area contributed by atoms with E-state index in [0.717, 1.165) is 6.54 Å². The van der Waals surface area contributed by atoms with Crippen LogP contribution >= 0.6 is 0 Å². The van der Waals surface area contributed by atoms with Crippen LogP contribution < -0.4 is 0 Å². The summed E-state index contributed by atoms with van der Waals surface area (Å²) in [6.07, 6.45) is 13.3. The fraction of sp³-hybridized carbons (Fsp3) is 0.846. The monoisotopic (exact) mass is 210 g/mol. The predicted octanol–water partition coefficient (Wildman–Crippen LogP) is 3.41. The lowest BCUT2D eigenvalue weighted by Crippen LogP contribution is -2.36. The normalized spacial score (nSPS) is 20.3. The van der Waals surface area contributed by atoms with E-state index in [2.05, 4.69) is 43.1 Å². The Morgan fingerprint density at radius 3 is 2.40 bits per heavy atom. The molecular weight excluding hydrogens is 184 g/mol. The quantitative estimate of drug-likeness (QED) is 0.594. The van der Waals surface area contributed by atoms with E-state index >= 15 is 0 Å². The fourth-order valence-corrected chi connectivity index (χ4v) is 2.24. The number of hydrogen-bond acceptors (Lipinski definition) is 2. The van der Waals surface area contributed by atoms with E-state index in [0.29, 0.717) is 6.17 Å². The van der Waals surface area contributed by atoms with Crippen LogP contribution in [0.1, 0.15) is 52.4 Å². The number of hydrogen-bond donors (Lipinski definition) is 0. The first-order valence-corrected chi connectivity index (χ1v) is 6.45. The lowest BCUT2D eigenvalue weighted by Gasteiger charge is -2.29. The molecule has 0 spiro atoms. The lowest BCUT2D eigenvalue weighted by molar-refractivity contribution is 0.167. The van der Waals surface area contributed by atoms with Gasteiger partial charge in [0.05, 0.1) is 0 Å². The molecule has 0 N–H and O–H groups in total. The van der Waals surface area contributed by atoms with E-state index in [9.17, 15) is 0 Å². The van der Waals surface area contributed by atoms with Crippen molar-refractivity contribution < 1.29 is 0 Å². The van der Waals surface area contributed by atoms with Crippen LogP contribution in [0.3, 0.4) is 0 Å². The molecule has 0 saturated carbocycles. The van der Waals surface area contributed by atoms with E-state index < -0.39 is 0 Å². The van der Waals surface area contributed by atoms with Crippen molar-refractivity contribution in [1.82, 2.24) is 9.80 Å². The average Bonchev–Trinajstić information content (AvgIpc) is 2.60. The van der Waals surface area contributed by atoms with Crippen LogP contribution in [0.4, 0.5) is 0 Å². The van der Waals surface area contributed by atoms with Crippen LogP contribution in [0.5, 0.6) is 0 Å². The molecule has 0 aromatic rings. The Labute approximate surface area is 94.9 Å². The summed E-state index contributed by atoms with van der Waals surface area (Å²) in [5, 5.41) is 0. The van der Waals surface area contributed by atoms with Gasteiger partial charge in [0.1, 0.15) is 6.17 Å². The van der Waals surface area contributed by atoms with Gasteiger partial charge in [-0.2, -0.15) is 0 Å². The summed E-state index contributed by atoms with van der Waals surface area (Å²) in [6, 6.07) is 0. The maximum Gasteiger partial charge on any atom is 0.100 e. The summed E-state index contributed by atoms with van der Waals surface area (Å²) in [4.78, 5) is 4.77. The van der Waals surface area contributed by atoms with E-state index in [-0.39, 0.29) is 0 Å². The zero-order valence-corrected chi connectivity index (χ0v) is 10.6. The van der Waals surface area contributed by atoms with E-state index in [1.54, 1.807) is 0 Å². The van der Waals surface area contributed by atoms with Crippen LogP contribution in [-0.2, 0) is 0 Å². The second kappa shape index (κ2) is 6.76. The summed E-state index contributed by atoms with van der Waals surface area (Å²) in [6.45, 7) is 5.63. The molecule has 0 saturated heterocycles. The SMILES string of the molecule is CCCCCCCC1N(C)C=CN1CC. The van der Waals surface area contributed by atoms with Gasteiger partial charge in [-0.25, -0.2) is 0 Å². The smallest absolute Gasteiger partial charge is 0.100 e. The summed E-state index contributed by atoms with van der Waals surface area (Å²) < 4.78 is 0. The summed E-state index contributed by atoms with van der Waals surface area (Å²) >= 11 is 0. The Bertz CT molecular complexity index is 189. The standard InChI is InChI=1S/C13H26N2/c1-4-6-7-8-9-10-13-14(3)11-12-15(13)5-2/h11-13H,4-10H2,1-3H3. The third-order valence-electron chi connectivity index (χ3n) is 3.28. The Balaban J connectivity index is 2.14. The van der Waals surface area contributed by atoms with Crippen LogP contribution in [0.2, 0.25) is 0 Å². The van der Waals surface area contributed by atoms with Gasteiger partial charge in [-0.05, 0) is 19.8 Å². The van der Waals surface area contributed by atoms with Gasteiger partial charge in [0, 0.05) is 26.0 Å². The largest absolute Gasteiger partial charge is 0.359 e. The van der Waals surface area contributed by atoms with Crippen molar-refractivity contribution in [3.05, 3.63) is 12.4 Å². The molecule has 1 aliphatic heterocycles. The third-order valence-corrected chi connectivity index (χ3v) is 3.28. The van der Waals surface area contributed by atoms with Gasteiger partial charge in [0.15, 0.2) is 0 Å². The molecule has 0 aromatic carbocycles. The molecule has 1 aliphatic rings. The van der Waals surface area contributed by atoms with Crippen LogP contribution in [0, 0.1) is 0 Å². The molecule has 88 valence electrons. The van der Waals surface area contributed by atoms with Crippen molar-refractivity contribution in [2.75, 3.05) is 13.6 Å². The van der Waals surface area contributed by atoms with Crippen LogP contribution in [-0.4, -0.2) is 29.6 Å². The van der Waals surface area contributed by atoms with Crippen molar-refractivity contribution >= 4 is 0 Å². The van der Waals surface area contributed by atoms with Gasteiger partial charge in [0.25, 0.3) is 0 Å². The first-order chi connectivity index (χ1) is 7.29. The zero-order valence-electron chi connectivity index (χ0n) is 10.6. The number of nitrogens with zero attached hydrogens (tertiary/aromatic N) is 2. The molecule has 0 aromatic heterocycles. The molecular formula is C13H26N2. The van der Waals surface area contributed by atoms with Crippen molar-refractivity contribution in [2.24, 2.45) is 0 Å². The Morgan fingerprint density at radius 1 is 1.00 bits per heavy atom. The molecule has 0 radical (unpaired) electrons. The summed E-state index contributed by atoms with van der Waals surface area (Å²) in [5.74, 6) is 0. The van der Waals surface area contributed by atoms with Crippen molar-refractivity contribution in [1.29, 1.82) is 0 Å². The Kier molecular flexibility index (Phi) is 5.59. The van der Waals surface area contributed by atoms with Gasteiger partial charge in [0.2, 0.25) is 0 Å². The zero-order chi connectivity index (χ0) is 11.1. The molecule has 1 atom stereocenters. The van der Waals surface area contributed by atoms with Crippen molar-refractivity contribution in [3.63, 3.8) is 0 Å². The molecule has 0 amide bonds. The number of unbranched alkanes of at least 4 members (excludes halogenated alkanes) is 4. The minimum atomic E-state index is 0.622. The van der Waals surface area contributed by atoms with E-state index in [1.165, 1.54) is 38.5 Å². The predicted molar refractivity (Wildman–Crippen MR) is 66.4 cm³/mol. The highest BCUT2D eigenvalue weighted by Crippen LogP contribution is 2.19. The summed E-state index contributed by atoms with van der Waals surface area (Å²) in [7, 11) is 2.18. The maximum absolute atomic E-state index is 2.43. The molecule has 1 heterocycles. The first kappa shape index (κ1) is 12.4. The third kappa shape index (κ3) is 3.77. The van der Waals surface area contributed by atoms with Gasteiger partial charge < -0.3 is 9.80 Å². The molecule has 0 fully saturated rings. The highest BCUT2D eigenvalue weighted by molar-refractivity contribution is 4.94. The lowest BCUT2D eigenvalue weighted by atomic mass is 10.1. The molecule has 1 unspecified atom stereocenters. The molecule has 15 heavy (non-hydrogen) atoms. The van der Waals surface area contributed by atoms with Crippen molar-refractivity contribution in [2.45, 2.75) is 58.5 Å².